The minimum Gasteiger partial charge on any atom is -0.313 e. The molecule has 29 heavy (non-hydrogen) atoms. The van der Waals surface area contributed by atoms with Crippen LogP contribution in [0.5, 0.6) is 0 Å². The van der Waals surface area contributed by atoms with E-state index in [0.717, 1.165) is 36.8 Å². The molecule has 1 amide bonds. The van der Waals surface area contributed by atoms with Crippen molar-refractivity contribution in [3.8, 4) is 6.07 Å². The van der Waals surface area contributed by atoms with Crippen molar-refractivity contribution in [1.29, 1.82) is 5.26 Å². The highest BCUT2D eigenvalue weighted by atomic mass is 32.2. The molecule has 0 atom stereocenters. The van der Waals surface area contributed by atoms with Crippen molar-refractivity contribution in [2.75, 3.05) is 21.9 Å². The maximum atomic E-state index is 12.3. The van der Waals surface area contributed by atoms with Gasteiger partial charge in [-0.15, -0.1) is 11.3 Å². The lowest BCUT2D eigenvalue weighted by Crippen LogP contribution is -2.24. The number of sulfonamides is 1. The molecular weight excluding hydrogens is 406 g/mol. The highest BCUT2D eigenvalue weighted by Gasteiger charge is 2.28. The van der Waals surface area contributed by atoms with E-state index in [9.17, 15) is 18.5 Å². The van der Waals surface area contributed by atoms with Crippen LogP contribution >= 0.6 is 11.3 Å². The number of amides is 1. The van der Waals surface area contributed by atoms with E-state index in [1.54, 1.807) is 30.3 Å². The first kappa shape index (κ1) is 19.7. The molecule has 2 aromatic rings. The predicted molar refractivity (Wildman–Crippen MR) is 116 cm³/mol. The number of rotatable bonds is 4. The Morgan fingerprint density at radius 3 is 2.62 bits per heavy atom. The van der Waals surface area contributed by atoms with Gasteiger partial charge in [-0.25, -0.2) is 8.42 Å². The molecule has 1 fully saturated rings. The zero-order valence-electron chi connectivity index (χ0n) is 15.8. The largest absolute Gasteiger partial charge is 0.313 e. The number of aryl methyl sites for hydroxylation is 1. The number of anilines is 2. The highest BCUT2D eigenvalue weighted by molar-refractivity contribution is 7.93. The summed E-state index contributed by atoms with van der Waals surface area (Å²) < 4.78 is 25.4. The van der Waals surface area contributed by atoms with E-state index in [0.29, 0.717) is 29.2 Å². The van der Waals surface area contributed by atoms with Crippen molar-refractivity contribution in [2.24, 2.45) is 0 Å². The van der Waals surface area contributed by atoms with Crippen molar-refractivity contribution in [3.05, 3.63) is 51.9 Å². The number of nitriles is 1. The maximum Gasteiger partial charge on any atom is 0.249 e. The molecule has 1 aliphatic carbocycles. The minimum atomic E-state index is -3.20. The molecule has 150 valence electrons. The van der Waals surface area contributed by atoms with Gasteiger partial charge < -0.3 is 5.32 Å². The average molecular weight is 428 g/mol. The fourth-order valence-electron chi connectivity index (χ4n) is 3.78. The summed E-state index contributed by atoms with van der Waals surface area (Å²) in [5.74, 6) is -0.0997. The van der Waals surface area contributed by atoms with Crippen molar-refractivity contribution in [3.63, 3.8) is 0 Å². The van der Waals surface area contributed by atoms with Gasteiger partial charge in [0.25, 0.3) is 0 Å². The summed E-state index contributed by atoms with van der Waals surface area (Å²) in [7, 11) is -3.20. The van der Waals surface area contributed by atoms with Gasteiger partial charge in [-0.1, -0.05) is 12.1 Å². The summed E-state index contributed by atoms with van der Waals surface area (Å²) >= 11 is 1.50. The fourth-order valence-corrected chi connectivity index (χ4v) is 6.59. The number of thiophene rings is 1. The molecule has 6 nitrogen and oxygen atoms in total. The number of hydrogen-bond donors (Lipinski definition) is 1. The summed E-state index contributed by atoms with van der Waals surface area (Å²) in [6.07, 6.45) is 7.83. The Kier molecular flexibility index (Phi) is 5.43. The molecule has 1 N–H and O–H groups in total. The summed E-state index contributed by atoms with van der Waals surface area (Å²) in [6.45, 7) is 0.506. The Labute approximate surface area is 174 Å². The van der Waals surface area contributed by atoms with Crippen LogP contribution in [0, 0.1) is 11.3 Å². The van der Waals surface area contributed by atoms with Crippen LogP contribution in [0.15, 0.2) is 30.3 Å². The van der Waals surface area contributed by atoms with E-state index in [2.05, 4.69) is 11.4 Å². The van der Waals surface area contributed by atoms with Gasteiger partial charge >= 0.3 is 0 Å². The van der Waals surface area contributed by atoms with E-state index in [1.807, 2.05) is 0 Å². The second kappa shape index (κ2) is 8.01. The minimum absolute atomic E-state index is 0.186. The molecule has 1 aromatic carbocycles. The van der Waals surface area contributed by atoms with E-state index < -0.39 is 10.0 Å². The van der Waals surface area contributed by atoms with Crippen molar-refractivity contribution in [1.82, 2.24) is 0 Å². The Morgan fingerprint density at radius 2 is 1.93 bits per heavy atom. The second-order valence-electron chi connectivity index (χ2n) is 7.18. The van der Waals surface area contributed by atoms with Crippen molar-refractivity contribution >= 4 is 44.0 Å². The van der Waals surface area contributed by atoms with Crippen molar-refractivity contribution < 1.29 is 13.2 Å². The van der Waals surface area contributed by atoms with E-state index in [-0.39, 0.29) is 11.7 Å². The lowest BCUT2D eigenvalue weighted by molar-refractivity contribution is -0.111. The van der Waals surface area contributed by atoms with Crippen LogP contribution < -0.4 is 9.62 Å². The van der Waals surface area contributed by atoms with Crippen LogP contribution in [0.3, 0.4) is 0 Å². The average Bonchev–Trinajstić information content (AvgIpc) is 3.25. The van der Waals surface area contributed by atoms with Gasteiger partial charge in [0.1, 0.15) is 11.1 Å². The first-order valence-corrected chi connectivity index (χ1v) is 12.0. The van der Waals surface area contributed by atoms with Crippen LogP contribution in [-0.2, 0) is 27.7 Å². The molecule has 0 spiro atoms. The topological polar surface area (TPSA) is 90.3 Å². The summed E-state index contributed by atoms with van der Waals surface area (Å²) in [5, 5.41) is 12.9. The zero-order valence-corrected chi connectivity index (χ0v) is 17.5. The first-order valence-electron chi connectivity index (χ1n) is 9.62. The third-order valence-electron chi connectivity index (χ3n) is 5.23. The van der Waals surface area contributed by atoms with Gasteiger partial charge in [0.15, 0.2) is 0 Å². The van der Waals surface area contributed by atoms with Crippen LogP contribution in [0.4, 0.5) is 10.7 Å². The van der Waals surface area contributed by atoms with Gasteiger partial charge in [-0.05, 0) is 61.4 Å². The molecule has 1 saturated heterocycles. The molecule has 1 aliphatic heterocycles. The number of hydrogen-bond acceptors (Lipinski definition) is 5. The lowest BCUT2D eigenvalue weighted by atomic mass is 9.96. The number of nitrogens with one attached hydrogen (secondary N) is 1. The molecular formula is C21H21N3O3S2. The van der Waals surface area contributed by atoms with E-state index in [4.69, 9.17) is 0 Å². The normalized spacial score (nSPS) is 17.8. The first-order chi connectivity index (χ1) is 14.0. The van der Waals surface area contributed by atoms with Gasteiger partial charge in [0, 0.05) is 17.5 Å². The number of fused-ring (bicyclic) bond motifs is 1. The highest BCUT2D eigenvalue weighted by Crippen LogP contribution is 2.37. The monoisotopic (exact) mass is 427 g/mol. The third kappa shape index (κ3) is 4.07. The van der Waals surface area contributed by atoms with Crippen LogP contribution in [-0.4, -0.2) is 26.6 Å². The molecule has 2 aliphatic rings. The number of nitrogens with zero attached hydrogens (tertiary/aromatic N) is 2. The molecule has 0 unspecified atom stereocenters. The summed E-state index contributed by atoms with van der Waals surface area (Å²) in [6, 6.07) is 9.32. The summed E-state index contributed by atoms with van der Waals surface area (Å²) in [4.78, 5) is 13.5. The Morgan fingerprint density at radius 1 is 1.17 bits per heavy atom. The second-order valence-corrected chi connectivity index (χ2v) is 10.3. The SMILES string of the molecule is N#Cc1c(NC(=O)/C=C/c2ccc(N3CCCS3(=O)=O)cc2)sc2c1CCCC2. The van der Waals surface area contributed by atoms with Crippen LogP contribution in [0.1, 0.15) is 40.8 Å². The molecule has 0 radical (unpaired) electrons. The smallest absolute Gasteiger partial charge is 0.249 e. The maximum absolute atomic E-state index is 12.3. The molecule has 0 bridgehead atoms. The van der Waals surface area contributed by atoms with Gasteiger partial charge in [0.2, 0.25) is 15.9 Å². The Balaban J connectivity index is 1.44. The molecule has 1 aromatic heterocycles. The molecule has 4 rings (SSSR count). The standard InChI is InChI=1S/C21H21N3O3S2/c22-14-18-17-4-1-2-5-19(17)28-21(18)23-20(25)11-8-15-6-9-16(10-7-15)24-12-3-13-29(24,26)27/h6-11H,1-5,12-13H2,(H,23,25)/b11-8+. The summed E-state index contributed by atoms with van der Waals surface area (Å²) in [5.41, 5.74) is 3.14. The van der Waals surface area contributed by atoms with Crippen molar-refractivity contribution in [2.45, 2.75) is 32.1 Å². The Bertz CT molecular complexity index is 1110. The Hall–Kier alpha value is -2.63. The molecule has 8 heteroatoms. The van der Waals surface area contributed by atoms with E-state index >= 15 is 0 Å². The van der Waals surface area contributed by atoms with E-state index in [1.165, 1.54) is 26.6 Å². The fraction of sp³-hybridized carbons (Fsp3) is 0.333. The molecule has 0 saturated carbocycles. The van der Waals surface area contributed by atoms with Crippen LogP contribution in [0.2, 0.25) is 0 Å². The van der Waals surface area contributed by atoms with Gasteiger partial charge in [0.05, 0.1) is 17.0 Å². The zero-order chi connectivity index (χ0) is 20.4. The number of carbonyl (C=O) groups excluding carboxylic acids is 1. The number of benzene rings is 1. The van der Waals surface area contributed by atoms with Crippen LogP contribution in [0.25, 0.3) is 6.08 Å². The number of carbonyl (C=O) groups is 1. The molecule has 2 heterocycles. The third-order valence-corrected chi connectivity index (χ3v) is 8.30. The van der Waals surface area contributed by atoms with Gasteiger partial charge in [-0.3, -0.25) is 9.10 Å². The predicted octanol–water partition coefficient (Wildman–Crippen LogP) is 3.69. The quantitative estimate of drug-likeness (QED) is 0.754. The lowest BCUT2D eigenvalue weighted by Gasteiger charge is -2.16. The van der Waals surface area contributed by atoms with Gasteiger partial charge in [-0.2, -0.15) is 5.26 Å².